The lowest BCUT2D eigenvalue weighted by molar-refractivity contribution is 0.204. The first-order valence-electron chi connectivity index (χ1n) is 7.08. The Morgan fingerprint density at radius 3 is 2.35 bits per heavy atom. The molecule has 2 nitrogen and oxygen atoms in total. The molecule has 0 N–H and O–H groups in total. The van der Waals surface area contributed by atoms with E-state index in [-0.39, 0.29) is 10.8 Å². The third-order valence-electron chi connectivity index (χ3n) is 4.40. The average Bonchev–Trinajstić information content (AvgIpc) is 2.47. The summed E-state index contributed by atoms with van der Waals surface area (Å²) in [5.74, 6) is 1.56. The molecule has 0 heterocycles. The van der Waals surface area contributed by atoms with E-state index < -0.39 is 0 Å². The summed E-state index contributed by atoms with van der Waals surface area (Å²) in [7, 11) is 3.33. The Balaban J connectivity index is 2.38. The van der Waals surface area contributed by atoms with Crippen molar-refractivity contribution in [3.8, 4) is 11.5 Å². The Bertz CT molecular complexity index is 470. The van der Waals surface area contributed by atoms with Crippen molar-refractivity contribution in [3.05, 3.63) is 22.2 Å². The number of hydrogen-bond donors (Lipinski definition) is 0. The fourth-order valence-electron chi connectivity index (χ4n) is 3.11. The summed E-state index contributed by atoms with van der Waals surface area (Å²) in [5, 5.41) is -0.0417. The van der Waals surface area contributed by atoms with Gasteiger partial charge in [0.2, 0.25) is 0 Å². The van der Waals surface area contributed by atoms with E-state index in [2.05, 4.69) is 22.9 Å². The van der Waals surface area contributed by atoms with Gasteiger partial charge < -0.3 is 9.47 Å². The van der Waals surface area contributed by atoms with Gasteiger partial charge in [-0.3, -0.25) is 0 Å². The Labute approximate surface area is 134 Å². The van der Waals surface area contributed by atoms with Crippen molar-refractivity contribution in [2.75, 3.05) is 14.2 Å². The molecule has 0 spiro atoms. The van der Waals surface area contributed by atoms with Crippen LogP contribution in [0.5, 0.6) is 11.5 Å². The summed E-state index contributed by atoms with van der Waals surface area (Å²) in [6, 6.07) is 3.98. The third kappa shape index (κ3) is 2.94. The molecule has 112 valence electrons. The van der Waals surface area contributed by atoms with Crippen LogP contribution in [0.2, 0.25) is 0 Å². The number of methoxy groups -OCH3 is 2. The highest BCUT2D eigenvalue weighted by Crippen LogP contribution is 2.53. The molecule has 1 saturated carbocycles. The monoisotopic (exact) mass is 360 g/mol. The van der Waals surface area contributed by atoms with Gasteiger partial charge in [0.1, 0.15) is 16.0 Å². The normalized spacial score (nSPS) is 19.4. The number of rotatable bonds is 4. The number of benzene rings is 1. The zero-order valence-corrected chi connectivity index (χ0v) is 14.7. The second-order valence-corrected chi connectivity index (χ2v) is 7.01. The molecule has 1 aliphatic carbocycles. The van der Waals surface area contributed by atoms with Crippen molar-refractivity contribution in [1.82, 2.24) is 0 Å². The largest absolute Gasteiger partial charge is 0.495 e. The summed E-state index contributed by atoms with van der Waals surface area (Å²) in [6.07, 6.45) is 6.20. The minimum absolute atomic E-state index is 0.0417. The minimum atomic E-state index is -0.0417. The minimum Gasteiger partial charge on any atom is -0.495 e. The van der Waals surface area contributed by atoms with Crippen LogP contribution in [0.3, 0.4) is 0 Å². The molecule has 0 radical (unpaired) electrons. The van der Waals surface area contributed by atoms with E-state index in [1.165, 1.54) is 32.1 Å². The lowest BCUT2D eigenvalue weighted by Crippen LogP contribution is -2.25. The van der Waals surface area contributed by atoms with Gasteiger partial charge in [-0.25, -0.2) is 0 Å². The van der Waals surface area contributed by atoms with Crippen molar-refractivity contribution in [3.63, 3.8) is 0 Å². The average molecular weight is 362 g/mol. The molecule has 0 amide bonds. The van der Waals surface area contributed by atoms with Crippen molar-refractivity contribution >= 4 is 27.5 Å². The SMILES string of the molecule is COc1ccc(C(Cl)C2(C)CCCCC2)c(OC)c1Br. The second-order valence-electron chi connectivity index (χ2n) is 5.78. The second kappa shape index (κ2) is 6.57. The zero-order chi connectivity index (χ0) is 14.8. The van der Waals surface area contributed by atoms with Gasteiger partial charge in [0, 0.05) is 5.56 Å². The van der Waals surface area contributed by atoms with Gasteiger partial charge >= 0.3 is 0 Å². The highest BCUT2D eigenvalue weighted by atomic mass is 79.9. The molecule has 1 aromatic carbocycles. The fourth-order valence-corrected chi connectivity index (χ4v) is 4.18. The van der Waals surface area contributed by atoms with E-state index in [0.29, 0.717) is 0 Å². The summed E-state index contributed by atoms with van der Waals surface area (Å²) in [5.41, 5.74) is 1.19. The van der Waals surface area contributed by atoms with E-state index in [9.17, 15) is 0 Å². The summed E-state index contributed by atoms with van der Waals surface area (Å²) < 4.78 is 11.7. The van der Waals surface area contributed by atoms with Crippen molar-refractivity contribution < 1.29 is 9.47 Å². The number of hydrogen-bond acceptors (Lipinski definition) is 2. The molecular weight excluding hydrogens is 340 g/mol. The molecule has 0 bridgehead atoms. The van der Waals surface area contributed by atoms with Crippen LogP contribution >= 0.6 is 27.5 Å². The van der Waals surface area contributed by atoms with Gasteiger partial charge in [0.25, 0.3) is 0 Å². The van der Waals surface area contributed by atoms with Gasteiger partial charge in [0.05, 0.1) is 19.6 Å². The van der Waals surface area contributed by atoms with Crippen LogP contribution in [0.1, 0.15) is 50.0 Å². The van der Waals surface area contributed by atoms with E-state index in [0.717, 1.165) is 21.5 Å². The Hall–Kier alpha value is -0.410. The molecule has 1 unspecified atom stereocenters. The maximum absolute atomic E-state index is 6.84. The summed E-state index contributed by atoms with van der Waals surface area (Å²) in [4.78, 5) is 0. The van der Waals surface area contributed by atoms with Crippen LogP contribution in [0.15, 0.2) is 16.6 Å². The van der Waals surface area contributed by atoms with Gasteiger partial charge in [-0.15, -0.1) is 11.6 Å². The van der Waals surface area contributed by atoms with Crippen LogP contribution in [-0.4, -0.2) is 14.2 Å². The van der Waals surface area contributed by atoms with E-state index in [1.54, 1.807) is 14.2 Å². The zero-order valence-electron chi connectivity index (χ0n) is 12.3. The topological polar surface area (TPSA) is 18.5 Å². The quantitative estimate of drug-likeness (QED) is 0.639. The molecule has 1 aromatic rings. The molecule has 0 aromatic heterocycles. The van der Waals surface area contributed by atoms with Gasteiger partial charge in [-0.1, -0.05) is 32.3 Å². The molecule has 0 aliphatic heterocycles. The fraction of sp³-hybridized carbons (Fsp3) is 0.625. The molecule has 2 rings (SSSR count). The molecule has 1 atom stereocenters. The van der Waals surface area contributed by atoms with Crippen LogP contribution in [-0.2, 0) is 0 Å². The smallest absolute Gasteiger partial charge is 0.141 e. The first kappa shape index (κ1) is 16.0. The molecule has 20 heavy (non-hydrogen) atoms. The predicted octanol–water partition coefficient (Wildman–Crippen LogP) is 5.72. The Morgan fingerprint density at radius 2 is 1.80 bits per heavy atom. The molecule has 1 fully saturated rings. The standard InChI is InChI=1S/C16H22BrClO2/c1-16(9-5-4-6-10-16)15(18)11-7-8-12(19-2)13(17)14(11)20-3/h7-8,15H,4-6,9-10H2,1-3H3. The number of halogens is 2. The van der Waals surface area contributed by atoms with E-state index in [4.69, 9.17) is 21.1 Å². The molecule has 1 aliphatic rings. The van der Waals surface area contributed by atoms with Crippen LogP contribution in [0.25, 0.3) is 0 Å². The highest BCUT2D eigenvalue weighted by Gasteiger charge is 2.37. The predicted molar refractivity (Wildman–Crippen MR) is 87.0 cm³/mol. The summed E-state index contributed by atoms with van der Waals surface area (Å²) in [6.45, 7) is 2.29. The lowest BCUT2D eigenvalue weighted by Gasteiger charge is -2.38. The lowest BCUT2D eigenvalue weighted by atomic mass is 9.71. The Kier molecular flexibility index (Phi) is 5.25. The number of ether oxygens (including phenoxy) is 2. The van der Waals surface area contributed by atoms with Crippen molar-refractivity contribution in [1.29, 1.82) is 0 Å². The van der Waals surface area contributed by atoms with E-state index >= 15 is 0 Å². The first-order chi connectivity index (χ1) is 9.53. The maximum Gasteiger partial charge on any atom is 0.141 e. The van der Waals surface area contributed by atoms with Gasteiger partial charge in [-0.2, -0.15) is 0 Å². The highest BCUT2D eigenvalue weighted by molar-refractivity contribution is 9.10. The maximum atomic E-state index is 6.84. The van der Waals surface area contributed by atoms with Crippen LogP contribution in [0, 0.1) is 5.41 Å². The van der Waals surface area contributed by atoms with Gasteiger partial charge in [-0.05, 0) is 40.3 Å². The third-order valence-corrected chi connectivity index (χ3v) is 5.91. The van der Waals surface area contributed by atoms with Crippen LogP contribution < -0.4 is 9.47 Å². The summed E-state index contributed by atoms with van der Waals surface area (Å²) >= 11 is 10.4. The molecular formula is C16H22BrClO2. The Morgan fingerprint density at radius 1 is 1.15 bits per heavy atom. The molecule has 4 heteroatoms. The number of alkyl halides is 1. The first-order valence-corrected chi connectivity index (χ1v) is 8.31. The van der Waals surface area contributed by atoms with Crippen molar-refractivity contribution in [2.45, 2.75) is 44.4 Å². The molecule has 0 saturated heterocycles. The van der Waals surface area contributed by atoms with Crippen LogP contribution in [0.4, 0.5) is 0 Å². The van der Waals surface area contributed by atoms with Gasteiger partial charge in [0.15, 0.2) is 0 Å². The van der Waals surface area contributed by atoms with Crippen molar-refractivity contribution in [2.24, 2.45) is 5.41 Å². The van der Waals surface area contributed by atoms with E-state index in [1.807, 2.05) is 12.1 Å².